The average Bonchev–Trinajstić information content (AvgIpc) is 2.44. The lowest BCUT2D eigenvalue weighted by Crippen LogP contribution is -2.35. The normalized spacial score (nSPS) is 40.9. The Balaban J connectivity index is 2.31. The monoisotopic (exact) mass is 185 g/mol. The molecule has 66 valence electrons. The summed E-state index contributed by atoms with van der Waals surface area (Å²) in [4.78, 5) is 22.5. The second-order valence-corrected chi connectivity index (χ2v) is 4.92. The Hall–Kier alpha value is -0.510. The molecule has 3 nitrogen and oxygen atoms in total. The number of thioether (sulfide) groups is 1. The number of rotatable bonds is 0. The summed E-state index contributed by atoms with van der Waals surface area (Å²) < 4.78 is 0. The van der Waals surface area contributed by atoms with Crippen molar-refractivity contribution in [1.29, 1.82) is 0 Å². The van der Waals surface area contributed by atoms with Crippen molar-refractivity contribution in [3.05, 3.63) is 0 Å². The standard InChI is InChI=1S/C8H11NO2S/c1-5-8(2-3-12-5)4-6(10)9-7(8)11/h5H,2-4H2,1H3,(H,9,10,11). The van der Waals surface area contributed by atoms with E-state index < -0.39 is 0 Å². The number of hydrogen-bond donors (Lipinski definition) is 1. The molecular formula is C8H11NO2S. The molecule has 2 atom stereocenters. The number of carbonyl (C=O) groups excluding carboxylic acids is 2. The van der Waals surface area contributed by atoms with E-state index in [1.54, 1.807) is 11.8 Å². The van der Waals surface area contributed by atoms with Crippen molar-refractivity contribution in [2.75, 3.05) is 5.75 Å². The number of hydrogen-bond acceptors (Lipinski definition) is 3. The van der Waals surface area contributed by atoms with Crippen LogP contribution in [0, 0.1) is 5.41 Å². The number of carbonyl (C=O) groups is 2. The zero-order chi connectivity index (χ0) is 8.77. The first-order chi connectivity index (χ1) is 5.65. The van der Waals surface area contributed by atoms with E-state index in [0.29, 0.717) is 11.7 Å². The van der Waals surface area contributed by atoms with Gasteiger partial charge in [-0.15, -0.1) is 0 Å². The van der Waals surface area contributed by atoms with Crippen LogP contribution in [0.3, 0.4) is 0 Å². The van der Waals surface area contributed by atoms with Crippen molar-refractivity contribution in [1.82, 2.24) is 5.32 Å². The highest BCUT2D eigenvalue weighted by Crippen LogP contribution is 2.47. The summed E-state index contributed by atoms with van der Waals surface area (Å²) in [7, 11) is 0. The second-order valence-electron chi connectivity index (χ2n) is 3.47. The molecule has 2 saturated heterocycles. The maximum Gasteiger partial charge on any atom is 0.234 e. The van der Waals surface area contributed by atoms with E-state index in [2.05, 4.69) is 5.32 Å². The van der Waals surface area contributed by atoms with Gasteiger partial charge in [0.25, 0.3) is 0 Å². The predicted octanol–water partition coefficient (Wildman–Crippen LogP) is 0.545. The summed E-state index contributed by atoms with van der Waals surface area (Å²) >= 11 is 1.79. The quantitative estimate of drug-likeness (QED) is 0.560. The van der Waals surface area contributed by atoms with Crippen molar-refractivity contribution in [2.24, 2.45) is 5.41 Å². The maximum atomic E-state index is 11.5. The zero-order valence-electron chi connectivity index (χ0n) is 6.92. The zero-order valence-corrected chi connectivity index (χ0v) is 7.74. The Morgan fingerprint density at radius 2 is 2.33 bits per heavy atom. The number of nitrogens with one attached hydrogen (secondary N) is 1. The van der Waals surface area contributed by atoms with Gasteiger partial charge in [-0.25, -0.2) is 0 Å². The summed E-state index contributed by atoms with van der Waals surface area (Å²) in [6.45, 7) is 2.04. The molecule has 2 aliphatic heterocycles. The fourth-order valence-electron chi connectivity index (χ4n) is 1.97. The molecule has 1 N–H and O–H groups in total. The van der Waals surface area contributed by atoms with E-state index in [9.17, 15) is 9.59 Å². The second kappa shape index (κ2) is 2.49. The van der Waals surface area contributed by atoms with E-state index >= 15 is 0 Å². The Morgan fingerprint density at radius 1 is 1.58 bits per heavy atom. The van der Waals surface area contributed by atoms with E-state index in [1.165, 1.54) is 0 Å². The molecule has 2 heterocycles. The molecule has 2 aliphatic rings. The Kier molecular flexibility index (Phi) is 1.68. The van der Waals surface area contributed by atoms with Crippen LogP contribution in [-0.2, 0) is 9.59 Å². The van der Waals surface area contributed by atoms with Gasteiger partial charge in [0.15, 0.2) is 0 Å². The minimum atomic E-state index is -0.359. The van der Waals surface area contributed by atoms with Crippen molar-refractivity contribution in [3.63, 3.8) is 0 Å². The lowest BCUT2D eigenvalue weighted by molar-refractivity contribution is -0.128. The van der Waals surface area contributed by atoms with Gasteiger partial charge in [-0.1, -0.05) is 6.92 Å². The van der Waals surface area contributed by atoms with Crippen LogP contribution in [0.4, 0.5) is 0 Å². The Bertz CT molecular complexity index is 253. The smallest absolute Gasteiger partial charge is 0.234 e. The summed E-state index contributed by atoms with van der Waals surface area (Å²) in [6.07, 6.45) is 1.26. The third-order valence-electron chi connectivity index (χ3n) is 2.88. The lowest BCUT2D eigenvalue weighted by atomic mass is 9.81. The van der Waals surface area contributed by atoms with Crippen LogP contribution in [-0.4, -0.2) is 22.8 Å². The highest BCUT2D eigenvalue weighted by molar-refractivity contribution is 8.00. The highest BCUT2D eigenvalue weighted by Gasteiger charge is 2.53. The fourth-order valence-corrected chi connectivity index (χ4v) is 3.44. The van der Waals surface area contributed by atoms with Gasteiger partial charge in [-0.3, -0.25) is 14.9 Å². The SMILES string of the molecule is CC1SCCC12CC(=O)NC2=O. The molecule has 0 aromatic rings. The average molecular weight is 185 g/mol. The Labute approximate surface area is 75.3 Å². The van der Waals surface area contributed by atoms with Crippen LogP contribution in [0.1, 0.15) is 19.8 Å². The summed E-state index contributed by atoms with van der Waals surface area (Å²) in [5.74, 6) is 0.848. The third kappa shape index (κ3) is 0.905. The maximum absolute atomic E-state index is 11.5. The van der Waals surface area contributed by atoms with Crippen LogP contribution in [0.2, 0.25) is 0 Å². The van der Waals surface area contributed by atoms with Crippen LogP contribution in [0.15, 0.2) is 0 Å². The molecule has 2 fully saturated rings. The summed E-state index contributed by atoms with van der Waals surface area (Å²) in [6, 6.07) is 0. The molecule has 0 bridgehead atoms. The van der Waals surface area contributed by atoms with Gasteiger partial charge in [-0.05, 0) is 12.2 Å². The molecule has 2 amide bonds. The summed E-state index contributed by atoms with van der Waals surface area (Å²) in [5, 5.41) is 2.68. The van der Waals surface area contributed by atoms with E-state index in [1.807, 2.05) is 6.92 Å². The first-order valence-corrected chi connectivity index (χ1v) is 5.16. The minimum absolute atomic E-state index is 0.0509. The molecule has 2 rings (SSSR count). The molecule has 2 unspecified atom stereocenters. The lowest BCUT2D eigenvalue weighted by Gasteiger charge is -2.22. The Morgan fingerprint density at radius 3 is 2.75 bits per heavy atom. The first kappa shape index (κ1) is 8.10. The van der Waals surface area contributed by atoms with Gasteiger partial charge >= 0.3 is 0 Å². The predicted molar refractivity (Wildman–Crippen MR) is 46.7 cm³/mol. The molecule has 4 heteroatoms. The largest absolute Gasteiger partial charge is 0.296 e. The van der Waals surface area contributed by atoms with E-state index in [4.69, 9.17) is 0 Å². The topological polar surface area (TPSA) is 46.2 Å². The van der Waals surface area contributed by atoms with Crippen molar-refractivity contribution < 1.29 is 9.59 Å². The minimum Gasteiger partial charge on any atom is -0.296 e. The van der Waals surface area contributed by atoms with Crippen LogP contribution >= 0.6 is 11.8 Å². The number of imide groups is 1. The van der Waals surface area contributed by atoms with Gasteiger partial charge in [0.1, 0.15) is 0 Å². The van der Waals surface area contributed by atoms with Crippen LogP contribution in [0.25, 0.3) is 0 Å². The molecule has 0 saturated carbocycles. The van der Waals surface area contributed by atoms with Crippen molar-refractivity contribution in [2.45, 2.75) is 25.0 Å². The van der Waals surface area contributed by atoms with Gasteiger partial charge < -0.3 is 0 Å². The van der Waals surface area contributed by atoms with Crippen molar-refractivity contribution in [3.8, 4) is 0 Å². The molecule has 0 aromatic carbocycles. The molecular weight excluding hydrogens is 174 g/mol. The fraction of sp³-hybridized carbons (Fsp3) is 0.750. The van der Waals surface area contributed by atoms with Gasteiger partial charge in [0.2, 0.25) is 11.8 Å². The van der Waals surface area contributed by atoms with Gasteiger partial charge in [0, 0.05) is 11.7 Å². The molecule has 1 spiro atoms. The van der Waals surface area contributed by atoms with E-state index in [-0.39, 0.29) is 17.2 Å². The van der Waals surface area contributed by atoms with E-state index in [0.717, 1.165) is 12.2 Å². The van der Waals surface area contributed by atoms with Gasteiger partial charge in [0.05, 0.1) is 5.41 Å². The first-order valence-electron chi connectivity index (χ1n) is 4.11. The molecule has 0 aromatic heterocycles. The molecule has 0 aliphatic carbocycles. The van der Waals surface area contributed by atoms with Crippen molar-refractivity contribution >= 4 is 23.6 Å². The molecule has 12 heavy (non-hydrogen) atoms. The third-order valence-corrected chi connectivity index (χ3v) is 4.27. The van der Waals surface area contributed by atoms with Crippen LogP contribution < -0.4 is 5.32 Å². The summed E-state index contributed by atoms with van der Waals surface area (Å²) in [5.41, 5.74) is -0.359. The molecule has 0 radical (unpaired) electrons. The van der Waals surface area contributed by atoms with Gasteiger partial charge in [-0.2, -0.15) is 11.8 Å². The number of amides is 2. The highest BCUT2D eigenvalue weighted by atomic mass is 32.2. The van der Waals surface area contributed by atoms with Crippen LogP contribution in [0.5, 0.6) is 0 Å².